The Kier molecular flexibility index (Phi) is 5.00. The van der Waals surface area contributed by atoms with Crippen molar-refractivity contribution in [1.82, 2.24) is 10.3 Å². The van der Waals surface area contributed by atoms with Crippen LogP contribution in [0, 0.1) is 11.8 Å². The zero-order valence-corrected chi connectivity index (χ0v) is 16.1. The van der Waals surface area contributed by atoms with Gasteiger partial charge >= 0.3 is 5.97 Å². The molecule has 132 valence electrons. The number of halogens is 1. The number of hydrogen-bond acceptors (Lipinski definition) is 5. The summed E-state index contributed by atoms with van der Waals surface area (Å²) >= 11 is 3.38. The summed E-state index contributed by atoms with van der Waals surface area (Å²) in [5, 5.41) is 3.46. The number of nitrogens with one attached hydrogen (secondary N) is 1. The van der Waals surface area contributed by atoms with Gasteiger partial charge in [-0.1, -0.05) is 6.07 Å². The second kappa shape index (κ2) is 6.73. The fourth-order valence-corrected chi connectivity index (χ4v) is 4.21. The Hall–Kier alpha value is -0.980. The van der Waals surface area contributed by atoms with E-state index in [0.717, 1.165) is 36.1 Å². The molecular weight excluding hydrogens is 372 g/mol. The number of carbonyl (C=O) groups excluding carboxylic acids is 1. The molecule has 0 radical (unpaired) electrons. The number of fused-ring (bicyclic) bond motifs is 1. The Morgan fingerprint density at radius 3 is 2.88 bits per heavy atom. The molecule has 2 fully saturated rings. The molecule has 3 unspecified atom stereocenters. The highest BCUT2D eigenvalue weighted by molar-refractivity contribution is 9.10. The number of nitrogens with zero attached hydrogens (tertiary/aromatic N) is 1. The minimum Gasteiger partial charge on any atom is -0.458 e. The maximum atomic E-state index is 12.1. The second-order valence-electron chi connectivity index (χ2n) is 7.70. The zero-order valence-electron chi connectivity index (χ0n) is 14.5. The van der Waals surface area contributed by atoms with Crippen LogP contribution in [0.4, 0.5) is 0 Å². The average Bonchev–Trinajstić information content (AvgIpc) is 3.07. The van der Waals surface area contributed by atoms with Gasteiger partial charge in [0, 0.05) is 24.2 Å². The first-order valence-electron chi connectivity index (χ1n) is 8.49. The Morgan fingerprint density at radius 2 is 2.21 bits per heavy atom. The summed E-state index contributed by atoms with van der Waals surface area (Å²) in [6.45, 7) is 7.50. The molecule has 5 nitrogen and oxygen atoms in total. The second-order valence-corrected chi connectivity index (χ2v) is 8.51. The third-order valence-electron chi connectivity index (χ3n) is 4.91. The van der Waals surface area contributed by atoms with Gasteiger partial charge in [0.25, 0.3) is 0 Å². The minimum atomic E-state index is -0.500. The molecule has 0 aromatic carbocycles. The monoisotopic (exact) mass is 396 g/mol. The summed E-state index contributed by atoms with van der Waals surface area (Å²) in [6, 6.07) is 3.98. The van der Waals surface area contributed by atoms with Gasteiger partial charge in [-0.3, -0.25) is 0 Å². The van der Waals surface area contributed by atoms with Crippen molar-refractivity contribution in [2.75, 3.05) is 19.7 Å². The number of aromatic nitrogens is 1. The van der Waals surface area contributed by atoms with Crippen LogP contribution in [0.3, 0.4) is 0 Å². The van der Waals surface area contributed by atoms with Gasteiger partial charge in [-0.25, -0.2) is 9.78 Å². The van der Waals surface area contributed by atoms with E-state index in [4.69, 9.17) is 9.47 Å². The number of pyridine rings is 1. The molecular formula is C18H25BrN2O3. The molecule has 1 aromatic heterocycles. The fourth-order valence-electron chi connectivity index (χ4n) is 3.97. The van der Waals surface area contributed by atoms with Crippen molar-refractivity contribution in [2.24, 2.45) is 11.8 Å². The Morgan fingerprint density at radius 1 is 1.42 bits per heavy atom. The van der Waals surface area contributed by atoms with Crippen molar-refractivity contribution < 1.29 is 14.3 Å². The molecule has 1 aliphatic carbocycles. The Labute approximate surface area is 151 Å². The number of carbonyl (C=O) groups is 1. The quantitative estimate of drug-likeness (QED) is 0.625. The van der Waals surface area contributed by atoms with E-state index in [1.165, 1.54) is 0 Å². The lowest BCUT2D eigenvalue weighted by molar-refractivity contribution is -0.170. The summed E-state index contributed by atoms with van der Waals surface area (Å²) < 4.78 is 12.5. The molecule has 1 saturated carbocycles. The third-order valence-corrected chi connectivity index (χ3v) is 5.38. The highest BCUT2D eigenvalue weighted by Gasteiger charge is 2.52. The first kappa shape index (κ1) is 17.8. The molecule has 1 saturated heterocycles. The summed E-state index contributed by atoms with van der Waals surface area (Å²) in [4.78, 5) is 16.5. The summed E-state index contributed by atoms with van der Waals surface area (Å²) in [5.74, 6) is 0.636. The van der Waals surface area contributed by atoms with Crippen LogP contribution in [0.5, 0.6) is 0 Å². The van der Waals surface area contributed by atoms with E-state index in [9.17, 15) is 4.79 Å². The van der Waals surface area contributed by atoms with Crippen LogP contribution in [-0.2, 0) is 19.9 Å². The third kappa shape index (κ3) is 3.65. The van der Waals surface area contributed by atoms with Gasteiger partial charge in [0.2, 0.25) is 0 Å². The number of hydrogen-bond donors (Lipinski definition) is 1. The topological polar surface area (TPSA) is 60.5 Å². The lowest BCUT2D eigenvalue weighted by Gasteiger charge is -2.35. The molecule has 1 aliphatic heterocycles. The molecule has 24 heavy (non-hydrogen) atoms. The van der Waals surface area contributed by atoms with Gasteiger partial charge in [-0.15, -0.1) is 0 Å². The fraction of sp³-hybridized carbons (Fsp3) is 0.667. The van der Waals surface area contributed by atoms with E-state index in [1.807, 2.05) is 39.1 Å². The van der Waals surface area contributed by atoms with E-state index in [2.05, 4.69) is 26.2 Å². The summed E-state index contributed by atoms with van der Waals surface area (Å²) in [7, 11) is 0. The van der Waals surface area contributed by atoms with Gasteiger partial charge in [0.05, 0.1) is 5.60 Å². The Bertz CT molecular complexity index is 599. The largest absolute Gasteiger partial charge is 0.458 e. The number of rotatable bonds is 4. The lowest BCUT2D eigenvalue weighted by atomic mass is 9.82. The van der Waals surface area contributed by atoms with Crippen LogP contribution in [0.25, 0.3) is 0 Å². The van der Waals surface area contributed by atoms with Crippen molar-refractivity contribution in [3.8, 4) is 0 Å². The van der Waals surface area contributed by atoms with Crippen molar-refractivity contribution in [2.45, 2.75) is 44.8 Å². The highest BCUT2D eigenvalue weighted by Crippen LogP contribution is 2.51. The van der Waals surface area contributed by atoms with Crippen molar-refractivity contribution in [3.63, 3.8) is 0 Å². The number of ether oxygens (including phenoxy) is 2. The summed E-state index contributed by atoms with van der Waals surface area (Å²) in [6.07, 6.45) is 3.87. The van der Waals surface area contributed by atoms with Crippen molar-refractivity contribution in [3.05, 3.63) is 28.5 Å². The highest BCUT2D eigenvalue weighted by atomic mass is 79.9. The van der Waals surface area contributed by atoms with E-state index in [1.54, 1.807) is 0 Å². The molecule has 1 N–H and O–H groups in total. The molecule has 0 spiro atoms. The van der Waals surface area contributed by atoms with Gasteiger partial charge in [-0.2, -0.15) is 0 Å². The van der Waals surface area contributed by atoms with E-state index < -0.39 is 11.2 Å². The van der Waals surface area contributed by atoms with Gasteiger partial charge in [-0.05, 0) is 68.1 Å². The molecule has 1 aromatic rings. The molecule has 6 heteroatoms. The molecule has 0 amide bonds. The first-order chi connectivity index (χ1) is 11.3. The smallest absolute Gasteiger partial charge is 0.332 e. The van der Waals surface area contributed by atoms with E-state index in [0.29, 0.717) is 11.8 Å². The van der Waals surface area contributed by atoms with Crippen LogP contribution in [0.1, 0.15) is 39.2 Å². The van der Waals surface area contributed by atoms with Crippen LogP contribution >= 0.6 is 15.9 Å². The lowest BCUT2D eigenvalue weighted by Crippen LogP contribution is -2.39. The van der Waals surface area contributed by atoms with Crippen molar-refractivity contribution in [1.29, 1.82) is 0 Å². The molecule has 2 heterocycles. The van der Waals surface area contributed by atoms with Gasteiger partial charge in [0.15, 0.2) is 0 Å². The average molecular weight is 397 g/mol. The maximum absolute atomic E-state index is 12.1. The summed E-state index contributed by atoms with van der Waals surface area (Å²) in [5.41, 5.74) is 0.0871. The predicted octanol–water partition coefficient (Wildman–Crippen LogP) is 3.03. The minimum absolute atomic E-state index is 0.0312. The van der Waals surface area contributed by atoms with Crippen LogP contribution < -0.4 is 5.32 Å². The van der Waals surface area contributed by atoms with Gasteiger partial charge in [0.1, 0.15) is 16.8 Å². The van der Waals surface area contributed by atoms with Crippen molar-refractivity contribution >= 4 is 21.9 Å². The van der Waals surface area contributed by atoms with Gasteiger partial charge < -0.3 is 14.8 Å². The van der Waals surface area contributed by atoms with Crippen LogP contribution in [0.15, 0.2) is 22.9 Å². The Balaban J connectivity index is 1.81. The molecule has 3 atom stereocenters. The molecule has 3 rings (SSSR count). The van der Waals surface area contributed by atoms with E-state index in [-0.39, 0.29) is 12.6 Å². The zero-order chi connectivity index (χ0) is 17.4. The van der Waals surface area contributed by atoms with Crippen LogP contribution in [0.2, 0.25) is 0 Å². The SMILES string of the molecule is CC(C)(C)OC(=O)COC1(c2ccc(Br)nc2)CCC2CNCC21. The standard InChI is InChI=1S/C18H25BrN2O3/c1-17(2,3)24-16(22)11-23-18(13-4-5-15(19)21-9-13)7-6-12-8-20-10-14(12)18/h4-5,9,12,14,20H,6-8,10-11H2,1-3H3. The molecule has 0 bridgehead atoms. The predicted molar refractivity (Wildman–Crippen MR) is 94.5 cm³/mol. The first-order valence-corrected chi connectivity index (χ1v) is 9.28. The normalized spacial score (nSPS) is 29.5. The van der Waals surface area contributed by atoms with E-state index >= 15 is 0 Å². The maximum Gasteiger partial charge on any atom is 0.332 e. The van der Waals surface area contributed by atoms with Crippen LogP contribution in [-0.4, -0.2) is 36.3 Å². The molecule has 2 aliphatic rings. The number of esters is 1.